The zero-order valence-electron chi connectivity index (χ0n) is 13.7. The number of rotatable bonds is 4. The summed E-state index contributed by atoms with van der Waals surface area (Å²) in [4.78, 5) is 23.5. The number of hydrogen-bond donors (Lipinski definition) is 1. The van der Waals surface area contributed by atoms with Gasteiger partial charge in [0, 0.05) is 18.7 Å². The first-order valence-electron chi connectivity index (χ1n) is 7.48. The van der Waals surface area contributed by atoms with Crippen molar-refractivity contribution in [3.8, 4) is 11.4 Å². The van der Waals surface area contributed by atoms with Crippen molar-refractivity contribution in [1.82, 2.24) is 15.0 Å². The Hall–Kier alpha value is -2.78. The maximum atomic E-state index is 13.2. The number of aromatic nitrogens is 3. The van der Waals surface area contributed by atoms with Crippen molar-refractivity contribution in [1.29, 1.82) is 0 Å². The third kappa shape index (κ3) is 3.56. The van der Waals surface area contributed by atoms with Gasteiger partial charge in [0.1, 0.15) is 11.3 Å². The molecule has 27 heavy (non-hydrogen) atoms. The summed E-state index contributed by atoms with van der Waals surface area (Å²) in [5.74, 6) is -1.30. The molecule has 0 aliphatic carbocycles. The van der Waals surface area contributed by atoms with Crippen molar-refractivity contribution in [3.63, 3.8) is 0 Å². The van der Waals surface area contributed by atoms with Crippen LogP contribution < -0.4 is 0 Å². The van der Waals surface area contributed by atoms with E-state index in [2.05, 4.69) is 15.0 Å². The lowest BCUT2D eigenvalue weighted by molar-refractivity contribution is -0.137. The smallest absolute Gasteiger partial charge is 0.418 e. The van der Waals surface area contributed by atoms with Crippen molar-refractivity contribution in [2.45, 2.75) is 12.8 Å². The predicted octanol–water partition coefficient (Wildman–Crippen LogP) is 4.21. The quantitative estimate of drug-likeness (QED) is 0.710. The molecule has 6 nitrogen and oxygen atoms in total. The molecule has 0 aliphatic rings. The fraction of sp³-hybridized carbons (Fsp3) is 0.176. The number of fused-ring (bicyclic) bond motifs is 1. The number of aromatic carboxylic acids is 1. The van der Waals surface area contributed by atoms with Gasteiger partial charge in [-0.25, -0.2) is 14.8 Å². The van der Waals surface area contributed by atoms with Crippen LogP contribution in [0.3, 0.4) is 0 Å². The van der Waals surface area contributed by atoms with Crippen molar-refractivity contribution in [2.24, 2.45) is 0 Å². The summed E-state index contributed by atoms with van der Waals surface area (Å²) in [6, 6.07) is 4.73. The molecule has 0 radical (unpaired) electrons. The Morgan fingerprint density at radius 1 is 1.26 bits per heavy atom. The number of hydrogen-bond acceptors (Lipinski definition) is 5. The van der Waals surface area contributed by atoms with E-state index in [1.807, 2.05) is 0 Å². The summed E-state index contributed by atoms with van der Waals surface area (Å²) in [5, 5.41) is 9.44. The van der Waals surface area contributed by atoms with Gasteiger partial charge in [-0.15, -0.1) is 0 Å². The lowest BCUT2D eigenvalue weighted by atomic mass is 10.1. The Morgan fingerprint density at radius 3 is 2.63 bits per heavy atom. The summed E-state index contributed by atoms with van der Waals surface area (Å²) < 4.78 is 44.6. The molecule has 3 heterocycles. The van der Waals surface area contributed by atoms with E-state index in [0.29, 0.717) is 0 Å². The first-order valence-corrected chi connectivity index (χ1v) is 7.85. The van der Waals surface area contributed by atoms with Gasteiger partial charge in [-0.05, 0) is 24.3 Å². The lowest BCUT2D eigenvalue weighted by Crippen LogP contribution is -2.10. The number of ether oxygens (including phenoxy) is 1. The van der Waals surface area contributed by atoms with Crippen LogP contribution in [0.25, 0.3) is 22.4 Å². The second-order valence-corrected chi connectivity index (χ2v) is 5.83. The van der Waals surface area contributed by atoms with Crippen molar-refractivity contribution in [3.05, 3.63) is 52.3 Å². The molecule has 3 aromatic rings. The number of carboxylic acid groups (broad SMARTS) is 1. The van der Waals surface area contributed by atoms with Crippen LogP contribution in [0, 0.1) is 0 Å². The Balaban J connectivity index is 2.26. The van der Waals surface area contributed by atoms with Gasteiger partial charge in [-0.2, -0.15) is 13.2 Å². The van der Waals surface area contributed by atoms with E-state index in [0.717, 1.165) is 6.07 Å². The zero-order chi connectivity index (χ0) is 19.8. The molecule has 0 unspecified atom stereocenters. The van der Waals surface area contributed by atoms with Gasteiger partial charge in [0.05, 0.1) is 28.6 Å². The summed E-state index contributed by atoms with van der Waals surface area (Å²) >= 11 is 6.17. The second-order valence-electron chi connectivity index (χ2n) is 5.45. The fourth-order valence-electron chi connectivity index (χ4n) is 2.58. The van der Waals surface area contributed by atoms with Crippen LogP contribution in [-0.2, 0) is 17.5 Å². The van der Waals surface area contributed by atoms with Crippen molar-refractivity contribution >= 4 is 28.6 Å². The molecule has 3 rings (SSSR count). The van der Waals surface area contributed by atoms with E-state index < -0.39 is 17.7 Å². The molecule has 0 aromatic carbocycles. The van der Waals surface area contributed by atoms with E-state index in [4.69, 9.17) is 16.3 Å². The Morgan fingerprint density at radius 2 is 2.00 bits per heavy atom. The van der Waals surface area contributed by atoms with E-state index in [9.17, 15) is 23.1 Å². The van der Waals surface area contributed by atoms with Crippen molar-refractivity contribution in [2.75, 3.05) is 7.11 Å². The second kappa shape index (κ2) is 7.09. The molecule has 0 atom stereocenters. The molecular weight excluding hydrogens is 387 g/mol. The topological polar surface area (TPSA) is 85.2 Å². The molecule has 0 saturated carbocycles. The summed E-state index contributed by atoms with van der Waals surface area (Å²) in [5.41, 5.74) is -1.60. The van der Waals surface area contributed by atoms with Crippen LogP contribution in [0.2, 0.25) is 5.02 Å². The summed E-state index contributed by atoms with van der Waals surface area (Å²) in [6.45, 7) is -0.152. The maximum absolute atomic E-state index is 13.2. The number of carbonyl (C=O) groups is 1. The van der Waals surface area contributed by atoms with E-state index >= 15 is 0 Å². The lowest BCUT2D eigenvalue weighted by Gasteiger charge is -2.13. The average Bonchev–Trinajstić information content (AvgIpc) is 2.60. The summed E-state index contributed by atoms with van der Waals surface area (Å²) in [7, 11) is 1.35. The highest BCUT2D eigenvalue weighted by Gasteiger charge is 2.34. The molecule has 0 bridgehead atoms. The highest BCUT2D eigenvalue weighted by Crippen LogP contribution is 2.36. The molecule has 10 heteroatoms. The Kier molecular flexibility index (Phi) is 4.99. The molecule has 0 aliphatic heterocycles. The van der Waals surface area contributed by atoms with E-state index in [1.165, 1.54) is 31.5 Å². The first-order chi connectivity index (χ1) is 12.7. The minimum absolute atomic E-state index is 0.00618. The van der Waals surface area contributed by atoms with Gasteiger partial charge in [0.15, 0.2) is 5.65 Å². The number of pyridine rings is 3. The molecule has 0 fully saturated rings. The van der Waals surface area contributed by atoms with Gasteiger partial charge < -0.3 is 9.84 Å². The number of halogens is 4. The maximum Gasteiger partial charge on any atom is 0.418 e. The van der Waals surface area contributed by atoms with Crippen LogP contribution >= 0.6 is 11.6 Å². The van der Waals surface area contributed by atoms with Crippen LogP contribution in [0.15, 0.2) is 30.5 Å². The Labute approximate surface area is 155 Å². The molecule has 0 spiro atoms. The minimum Gasteiger partial charge on any atom is -0.478 e. The van der Waals surface area contributed by atoms with Crippen LogP contribution in [-0.4, -0.2) is 33.1 Å². The van der Waals surface area contributed by atoms with Gasteiger partial charge in [-0.1, -0.05) is 11.6 Å². The number of carboxylic acids is 1. The SMILES string of the molecule is COCc1nc2nc(-c3ncccc3C(F)(F)F)ccc2c(Cl)c1C(=O)O. The standard InChI is InChI=1S/C17H11ClF3N3O3/c1-27-7-11-12(16(25)26)13(18)8-4-5-10(23-15(8)24-11)14-9(17(19,20)21)3-2-6-22-14/h2-6H,7H2,1H3,(H,25,26). The summed E-state index contributed by atoms with van der Waals surface area (Å²) in [6.07, 6.45) is -3.39. The average molecular weight is 398 g/mol. The first kappa shape index (κ1) is 19.0. The molecule has 3 aromatic heterocycles. The van der Waals surface area contributed by atoms with Gasteiger partial charge >= 0.3 is 12.1 Å². The van der Waals surface area contributed by atoms with E-state index in [1.54, 1.807) is 0 Å². The van der Waals surface area contributed by atoms with E-state index in [-0.39, 0.29) is 45.3 Å². The number of alkyl halides is 3. The molecule has 1 N–H and O–H groups in total. The monoisotopic (exact) mass is 397 g/mol. The van der Waals surface area contributed by atoms with Crippen LogP contribution in [0.1, 0.15) is 21.6 Å². The third-order valence-electron chi connectivity index (χ3n) is 3.71. The largest absolute Gasteiger partial charge is 0.478 e. The Bertz CT molecular complexity index is 1040. The van der Waals surface area contributed by atoms with Gasteiger partial charge in [0.25, 0.3) is 0 Å². The molecule has 0 amide bonds. The normalized spacial score (nSPS) is 11.7. The minimum atomic E-state index is -4.61. The molecule has 0 saturated heterocycles. The third-order valence-corrected chi connectivity index (χ3v) is 4.10. The zero-order valence-corrected chi connectivity index (χ0v) is 14.5. The predicted molar refractivity (Wildman–Crippen MR) is 90.5 cm³/mol. The van der Waals surface area contributed by atoms with Crippen LogP contribution in [0.4, 0.5) is 13.2 Å². The fourth-order valence-corrected chi connectivity index (χ4v) is 2.92. The van der Waals surface area contributed by atoms with Crippen LogP contribution in [0.5, 0.6) is 0 Å². The highest BCUT2D eigenvalue weighted by molar-refractivity contribution is 6.38. The molecular formula is C17H11ClF3N3O3. The van der Waals surface area contributed by atoms with Crippen molar-refractivity contribution < 1.29 is 27.8 Å². The van der Waals surface area contributed by atoms with Gasteiger partial charge in [-0.3, -0.25) is 4.98 Å². The number of nitrogens with zero attached hydrogens (tertiary/aromatic N) is 3. The molecule has 140 valence electrons. The number of methoxy groups -OCH3 is 1. The highest BCUT2D eigenvalue weighted by atomic mass is 35.5. The van der Waals surface area contributed by atoms with Gasteiger partial charge in [0.2, 0.25) is 0 Å².